The second-order valence-electron chi connectivity index (χ2n) is 7.54. The standard InChI is InChI=1S/C22H27N3O4/c1-23-21(28)19-11-17(20(27)24-12-16-8-5-9-18(26)10-16)14-25(22(19)29)13-15-6-3-2-4-7-15/h2-4,6-7,11,14,16,18,26H,5,8-10,12-13H2,1H3,(H,23,28)(H,24,27)/t16-,18+/m1/s1. The van der Waals surface area contributed by atoms with Crippen LogP contribution in [0.5, 0.6) is 0 Å². The fourth-order valence-corrected chi connectivity index (χ4v) is 3.74. The average Bonchev–Trinajstić information content (AvgIpc) is 2.73. The third kappa shape index (κ3) is 5.32. The Labute approximate surface area is 169 Å². The first kappa shape index (κ1) is 20.8. The third-order valence-corrected chi connectivity index (χ3v) is 5.32. The zero-order valence-electron chi connectivity index (χ0n) is 16.6. The molecule has 2 aromatic rings. The summed E-state index contributed by atoms with van der Waals surface area (Å²) in [5.41, 5.74) is 0.644. The smallest absolute Gasteiger partial charge is 0.263 e. The molecular formula is C22H27N3O4. The summed E-state index contributed by atoms with van der Waals surface area (Å²) < 4.78 is 1.39. The van der Waals surface area contributed by atoms with E-state index in [-0.39, 0.29) is 35.6 Å². The highest BCUT2D eigenvalue weighted by Gasteiger charge is 2.22. The van der Waals surface area contributed by atoms with Gasteiger partial charge in [-0.15, -0.1) is 0 Å². The molecule has 7 heteroatoms. The van der Waals surface area contributed by atoms with Gasteiger partial charge < -0.3 is 20.3 Å². The van der Waals surface area contributed by atoms with Gasteiger partial charge in [0.15, 0.2) is 0 Å². The average molecular weight is 397 g/mol. The molecule has 7 nitrogen and oxygen atoms in total. The van der Waals surface area contributed by atoms with Gasteiger partial charge in [0.1, 0.15) is 5.56 Å². The van der Waals surface area contributed by atoms with Crippen LogP contribution in [0.4, 0.5) is 0 Å². The molecule has 3 N–H and O–H groups in total. The van der Waals surface area contributed by atoms with Crippen molar-refractivity contribution in [3.05, 3.63) is 69.6 Å². The lowest BCUT2D eigenvalue weighted by Gasteiger charge is -2.25. The van der Waals surface area contributed by atoms with Crippen molar-refractivity contribution in [3.8, 4) is 0 Å². The Balaban J connectivity index is 1.83. The van der Waals surface area contributed by atoms with Gasteiger partial charge in [-0.25, -0.2) is 0 Å². The Kier molecular flexibility index (Phi) is 6.82. The van der Waals surface area contributed by atoms with Crippen molar-refractivity contribution in [2.24, 2.45) is 5.92 Å². The molecular weight excluding hydrogens is 370 g/mol. The maximum atomic E-state index is 12.7. The van der Waals surface area contributed by atoms with Gasteiger partial charge in [-0.05, 0) is 36.8 Å². The van der Waals surface area contributed by atoms with Gasteiger partial charge in [0.2, 0.25) is 0 Å². The van der Waals surface area contributed by atoms with Gasteiger partial charge in [0.25, 0.3) is 17.4 Å². The second-order valence-corrected chi connectivity index (χ2v) is 7.54. The largest absolute Gasteiger partial charge is 0.393 e. The van der Waals surface area contributed by atoms with Crippen LogP contribution in [0.3, 0.4) is 0 Å². The van der Waals surface area contributed by atoms with E-state index in [1.165, 1.54) is 23.9 Å². The Morgan fingerprint density at radius 3 is 2.62 bits per heavy atom. The first-order chi connectivity index (χ1) is 14.0. The SMILES string of the molecule is CNC(=O)c1cc(C(=O)NC[C@@H]2CCC[C@H](O)C2)cn(Cc2ccccc2)c1=O. The molecule has 2 amide bonds. The number of hydrogen-bond acceptors (Lipinski definition) is 4. The molecule has 0 saturated heterocycles. The number of amides is 2. The number of rotatable bonds is 6. The number of nitrogens with one attached hydrogen (secondary N) is 2. The number of carbonyl (C=O) groups is 2. The maximum absolute atomic E-state index is 12.7. The zero-order chi connectivity index (χ0) is 20.8. The highest BCUT2D eigenvalue weighted by atomic mass is 16.3. The summed E-state index contributed by atoms with van der Waals surface area (Å²) in [6, 6.07) is 10.7. The van der Waals surface area contributed by atoms with Crippen LogP contribution >= 0.6 is 0 Å². The highest BCUT2D eigenvalue weighted by Crippen LogP contribution is 2.23. The molecule has 0 bridgehead atoms. The normalized spacial score (nSPS) is 18.8. The molecule has 154 valence electrons. The number of pyridine rings is 1. The van der Waals surface area contributed by atoms with E-state index >= 15 is 0 Å². The van der Waals surface area contributed by atoms with E-state index in [2.05, 4.69) is 10.6 Å². The van der Waals surface area contributed by atoms with Crippen LogP contribution in [-0.4, -0.2) is 41.2 Å². The van der Waals surface area contributed by atoms with Gasteiger partial charge in [0.05, 0.1) is 18.2 Å². The van der Waals surface area contributed by atoms with Gasteiger partial charge >= 0.3 is 0 Å². The molecule has 0 radical (unpaired) electrons. The minimum atomic E-state index is -0.526. The van der Waals surface area contributed by atoms with Crippen molar-refractivity contribution in [1.29, 1.82) is 0 Å². The fourth-order valence-electron chi connectivity index (χ4n) is 3.74. The van der Waals surface area contributed by atoms with Crippen LogP contribution in [0.15, 0.2) is 47.4 Å². The van der Waals surface area contributed by atoms with Crippen LogP contribution in [-0.2, 0) is 6.54 Å². The summed E-state index contributed by atoms with van der Waals surface area (Å²) in [5, 5.41) is 15.1. The first-order valence-electron chi connectivity index (χ1n) is 9.94. The molecule has 2 atom stereocenters. The molecule has 0 spiro atoms. The van der Waals surface area contributed by atoms with Gasteiger partial charge in [-0.2, -0.15) is 0 Å². The summed E-state index contributed by atoms with van der Waals surface area (Å²) in [7, 11) is 1.45. The van der Waals surface area contributed by atoms with Crippen molar-refractivity contribution in [3.63, 3.8) is 0 Å². The van der Waals surface area contributed by atoms with Crippen LogP contribution in [0, 0.1) is 5.92 Å². The third-order valence-electron chi connectivity index (χ3n) is 5.32. The van der Waals surface area contributed by atoms with E-state index in [4.69, 9.17) is 0 Å². The van der Waals surface area contributed by atoms with Gasteiger partial charge in [-0.3, -0.25) is 14.4 Å². The van der Waals surface area contributed by atoms with E-state index in [0.29, 0.717) is 13.0 Å². The molecule has 1 saturated carbocycles. The van der Waals surface area contributed by atoms with Crippen molar-refractivity contribution >= 4 is 11.8 Å². The van der Waals surface area contributed by atoms with Crippen LogP contribution in [0.2, 0.25) is 0 Å². The molecule has 29 heavy (non-hydrogen) atoms. The Bertz CT molecular complexity index is 923. The number of hydrogen-bond donors (Lipinski definition) is 3. The lowest BCUT2D eigenvalue weighted by molar-refractivity contribution is 0.0873. The maximum Gasteiger partial charge on any atom is 0.263 e. The highest BCUT2D eigenvalue weighted by molar-refractivity contribution is 5.99. The van der Waals surface area contributed by atoms with E-state index < -0.39 is 11.5 Å². The zero-order valence-corrected chi connectivity index (χ0v) is 16.6. The number of nitrogens with zero attached hydrogens (tertiary/aromatic N) is 1. The predicted molar refractivity (Wildman–Crippen MR) is 110 cm³/mol. The number of aliphatic hydroxyl groups excluding tert-OH is 1. The predicted octanol–water partition coefficient (Wildman–Crippen LogP) is 1.54. The lowest BCUT2D eigenvalue weighted by atomic mass is 9.87. The Hall–Kier alpha value is -2.93. The topological polar surface area (TPSA) is 100 Å². The minimum absolute atomic E-state index is 0.0656. The molecule has 3 rings (SSSR count). The van der Waals surface area contributed by atoms with Crippen molar-refractivity contribution in [1.82, 2.24) is 15.2 Å². The summed E-state index contributed by atoms with van der Waals surface area (Å²) in [6.07, 6.45) is 4.59. The monoisotopic (exact) mass is 397 g/mol. The van der Waals surface area contributed by atoms with Crippen molar-refractivity contribution < 1.29 is 14.7 Å². The molecule has 1 aromatic heterocycles. The first-order valence-corrected chi connectivity index (χ1v) is 9.94. The van der Waals surface area contributed by atoms with Crippen LogP contribution < -0.4 is 16.2 Å². The summed E-state index contributed by atoms with van der Waals surface area (Å²) in [6.45, 7) is 0.725. The molecule has 1 fully saturated rings. The van der Waals surface area contributed by atoms with Gasteiger partial charge in [-0.1, -0.05) is 36.8 Å². The quantitative estimate of drug-likeness (QED) is 0.688. The summed E-state index contributed by atoms with van der Waals surface area (Å²) >= 11 is 0. The second kappa shape index (κ2) is 9.52. The van der Waals surface area contributed by atoms with Crippen molar-refractivity contribution in [2.45, 2.75) is 38.3 Å². The summed E-state index contributed by atoms with van der Waals surface area (Å²) in [4.78, 5) is 37.6. The van der Waals surface area contributed by atoms with E-state index in [1.807, 2.05) is 30.3 Å². The summed E-state index contributed by atoms with van der Waals surface area (Å²) in [5.74, 6) is -0.629. The number of carbonyl (C=O) groups excluding carboxylic acids is 2. The molecule has 0 aliphatic heterocycles. The van der Waals surface area contributed by atoms with Gasteiger partial charge in [0, 0.05) is 19.8 Å². The Morgan fingerprint density at radius 2 is 1.93 bits per heavy atom. The molecule has 1 aliphatic rings. The number of aliphatic hydroxyl groups is 1. The molecule has 1 aliphatic carbocycles. The lowest BCUT2D eigenvalue weighted by Crippen LogP contribution is -2.36. The molecule has 1 aromatic carbocycles. The number of aromatic nitrogens is 1. The number of benzene rings is 1. The van der Waals surface area contributed by atoms with E-state index in [1.54, 1.807) is 0 Å². The Morgan fingerprint density at radius 1 is 1.17 bits per heavy atom. The molecule has 0 unspecified atom stereocenters. The fraction of sp³-hybridized carbons (Fsp3) is 0.409. The molecule has 1 heterocycles. The van der Waals surface area contributed by atoms with Crippen LogP contribution in [0.1, 0.15) is 52.0 Å². The van der Waals surface area contributed by atoms with Crippen molar-refractivity contribution in [2.75, 3.05) is 13.6 Å². The van der Waals surface area contributed by atoms with Crippen LogP contribution in [0.25, 0.3) is 0 Å². The minimum Gasteiger partial charge on any atom is -0.393 e. The van der Waals surface area contributed by atoms with E-state index in [0.717, 1.165) is 24.8 Å². The van der Waals surface area contributed by atoms with E-state index in [9.17, 15) is 19.5 Å².